The third-order valence-corrected chi connectivity index (χ3v) is 4.69. The lowest BCUT2D eigenvalue weighted by molar-refractivity contribution is 0.0816. The van der Waals surface area contributed by atoms with Crippen molar-refractivity contribution in [2.24, 2.45) is 5.92 Å². The average Bonchev–Trinajstić information content (AvgIpc) is 2.91. The van der Waals surface area contributed by atoms with Gasteiger partial charge in [0.25, 0.3) is 5.91 Å². The molecule has 2 N–H and O–H groups in total. The van der Waals surface area contributed by atoms with E-state index < -0.39 is 6.10 Å². The van der Waals surface area contributed by atoms with Crippen molar-refractivity contribution in [3.63, 3.8) is 0 Å². The number of carbonyl (C=O) groups is 1. The first kappa shape index (κ1) is 19.2. The quantitative estimate of drug-likeness (QED) is 0.774. The maximum Gasteiger partial charge on any atom is 0.251 e. The van der Waals surface area contributed by atoms with Crippen molar-refractivity contribution < 1.29 is 9.90 Å². The van der Waals surface area contributed by atoms with E-state index in [0.717, 1.165) is 29.8 Å². The molecule has 1 aromatic carbocycles. The summed E-state index contributed by atoms with van der Waals surface area (Å²) in [5, 5.41) is 17.5. The number of nitrogens with one attached hydrogen (secondary N) is 1. The molecule has 0 saturated carbocycles. The molecule has 1 atom stereocenters. The van der Waals surface area contributed by atoms with Gasteiger partial charge < -0.3 is 10.4 Å². The van der Waals surface area contributed by atoms with Gasteiger partial charge in [-0.15, -0.1) is 0 Å². The van der Waals surface area contributed by atoms with Gasteiger partial charge in [-0.1, -0.05) is 38.8 Å². The number of benzene rings is 1. The fourth-order valence-electron chi connectivity index (χ4n) is 3.12. The first-order valence-electron chi connectivity index (χ1n) is 9.00. The largest absolute Gasteiger partial charge is 0.391 e. The van der Waals surface area contributed by atoms with Gasteiger partial charge >= 0.3 is 0 Å². The number of amides is 1. The molecule has 25 heavy (non-hydrogen) atoms. The van der Waals surface area contributed by atoms with Crippen molar-refractivity contribution in [1.82, 2.24) is 15.1 Å². The summed E-state index contributed by atoms with van der Waals surface area (Å²) in [6.07, 6.45) is 1.31. The van der Waals surface area contributed by atoms with Crippen LogP contribution in [0.15, 0.2) is 30.3 Å². The van der Waals surface area contributed by atoms with Crippen LogP contribution in [0, 0.1) is 19.8 Å². The fraction of sp³-hybridized carbons (Fsp3) is 0.500. The van der Waals surface area contributed by atoms with Crippen LogP contribution < -0.4 is 5.32 Å². The molecule has 1 aromatic heterocycles. The van der Waals surface area contributed by atoms with Gasteiger partial charge in [0.05, 0.1) is 18.3 Å². The second kappa shape index (κ2) is 8.81. The highest BCUT2D eigenvalue weighted by atomic mass is 16.3. The lowest BCUT2D eigenvalue weighted by Gasteiger charge is -2.20. The third-order valence-electron chi connectivity index (χ3n) is 4.69. The average molecular weight is 343 g/mol. The molecule has 0 spiro atoms. The highest BCUT2D eigenvalue weighted by Crippen LogP contribution is 2.13. The Morgan fingerprint density at radius 2 is 1.96 bits per heavy atom. The summed E-state index contributed by atoms with van der Waals surface area (Å²) in [7, 11) is 0. The van der Waals surface area contributed by atoms with E-state index in [1.165, 1.54) is 0 Å². The first-order valence-corrected chi connectivity index (χ1v) is 9.00. The van der Waals surface area contributed by atoms with Gasteiger partial charge in [0, 0.05) is 17.8 Å². The van der Waals surface area contributed by atoms with Crippen molar-refractivity contribution in [3.05, 3.63) is 52.8 Å². The fourth-order valence-corrected chi connectivity index (χ4v) is 3.12. The molecule has 1 unspecified atom stereocenters. The summed E-state index contributed by atoms with van der Waals surface area (Å²) in [4.78, 5) is 12.4. The Bertz CT molecular complexity index is 705. The van der Waals surface area contributed by atoms with Crippen LogP contribution in [-0.2, 0) is 6.54 Å². The van der Waals surface area contributed by atoms with Crippen LogP contribution in [0.25, 0.3) is 0 Å². The van der Waals surface area contributed by atoms with E-state index in [9.17, 15) is 9.90 Å². The van der Waals surface area contributed by atoms with Crippen LogP contribution in [0.3, 0.4) is 0 Å². The number of aliphatic hydroxyl groups excluding tert-OH is 1. The number of aryl methyl sites for hydroxylation is 2. The van der Waals surface area contributed by atoms with Crippen LogP contribution in [0.4, 0.5) is 0 Å². The molecular weight excluding hydrogens is 314 g/mol. The summed E-state index contributed by atoms with van der Waals surface area (Å²) in [5.41, 5.74) is 3.72. The maximum atomic E-state index is 12.4. The molecule has 0 aliphatic carbocycles. The summed E-state index contributed by atoms with van der Waals surface area (Å²) in [6, 6.07) is 9.59. The van der Waals surface area contributed by atoms with Gasteiger partial charge in [0.15, 0.2) is 0 Å². The SMILES string of the molecule is CCC(CC)C(O)CNC(=O)c1cccc(Cn2nc(C)cc2C)c1. The highest BCUT2D eigenvalue weighted by molar-refractivity contribution is 5.94. The van der Waals surface area contributed by atoms with E-state index in [2.05, 4.69) is 24.3 Å². The first-order chi connectivity index (χ1) is 11.9. The Balaban J connectivity index is 2.00. The minimum atomic E-state index is -0.503. The van der Waals surface area contributed by atoms with Crippen molar-refractivity contribution >= 4 is 5.91 Å². The molecular formula is C20H29N3O2. The second-order valence-electron chi connectivity index (χ2n) is 6.64. The van der Waals surface area contributed by atoms with Crippen LogP contribution in [-0.4, -0.2) is 33.4 Å². The molecule has 5 heteroatoms. The summed E-state index contributed by atoms with van der Waals surface area (Å²) >= 11 is 0. The third kappa shape index (κ3) is 5.16. The Kier molecular flexibility index (Phi) is 6.76. The monoisotopic (exact) mass is 343 g/mol. The van der Waals surface area contributed by atoms with Gasteiger partial charge in [-0.2, -0.15) is 5.10 Å². The van der Waals surface area contributed by atoms with E-state index in [4.69, 9.17) is 0 Å². The van der Waals surface area contributed by atoms with E-state index in [0.29, 0.717) is 12.1 Å². The highest BCUT2D eigenvalue weighted by Gasteiger charge is 2.16. The Hall–Kier alpha value is -2.14. The lowest BCUT2D eigenvalue weighted by Crippen LogP contribution is -2.36. The maximum absolute atomic E-state index is 12.4. The van der Waals surface area contributed by atoms with Crippen LogP contribution in [0.5, 0.6) is 0 Å². The summed E-state index contributed by atoms with van der Waals surface area (Å²) in [5.74, 6) is 0.0675. The van der Waals surface area contributed by atoms with E-state index in [1.807, 2.05) is 42.8 Å². The number of aliphatic hydroxyl groups is 1. The topological polar surface area (TPSA) is 67.2 Å². The van der Waals surface area contributed by atoms with E-state index in [1.54, 1.807) is 6.07 Å². The molecule has 1 amide bonds. The smallest absolute Gasteiger partial charge is 0.251 e. The van der Waals surface area contributed by atoms with Crippen molar-refractivity contribution in [3.8, 4) is 0 Å². The molecule has 0 fully saturated rings. The zero-order chi connectivity index (χ0) is 18.4. The minimum Gasteiger partial charge on any atom is -0.391 e. The number of hydrogen-bond donors (Lipinski definition) is 2. The Morgan fingerprint density at radius 1 is 1.24 bits per heavy atom. The van der Waals surface area contributed by atoms with Crippen molar-refractivity contribution in [1.29, 1.82) is 0 Å². The molecule has 0 radical (unpaired) electrons. The second-order valence-corrected chi connectivity index (χ2v) is 6.64. The number of aromatic nitrogens is 2. The number of rotatable bonds is 8. The van der Waals surface area contributed by atoms with Gasteiger partial charge in [0.1, 0.15) is 0 Å². The molecule has 0 bridgehead atoms. The van der Waals surface area contributed by atoms with Gasteiger partial charge in [-0.25, -0.2) is 0 Å². The zero-order valence-corrected chi connectivity index (χ0v) is 15.6. The van der Waals surface area contributed by atoms with Crippen LogP contribution >= 0.6 is 0 Å². The Morgan fingerprint density at radius 3 is 2.56 bits per heavy atom. The molecule has 136 valence electrons. The van der Waals surface area contributed by atoms with Crippen molar-refractivity contribution in [2.75, 3.05) is 6.54 Å². The zero-order valence-electron chi connectivity index (χ0n) is 15.6. The predicted octanol–water partition coefficient (Wildman–Crippen LogP) is 3.08. The molecule has 0 aliphatic rings. The molecule has 2 rings (SSSR count). The molecule has 2 aromatic rings. The van der Waals surface area contributed by atoms with Gasteiger partial charge in [-0.05, 0) is 43.5 Å². The van der Waals surface area contributed by atoms with E-state index >= 15 is 0 Å². The van der Waals surface area contributed by atoms with Crippen molar-refractivity contribution in [2.45, 2.75) is 53.2 Å². The number of hydrogen-bond acceptors (Lipinski definition) is 3. The minimum absolute atomic E-state index is 0.153. The molecule has 1 heterocycles. The summed E-state index contributed by atoms with van der Waals surface area (Å²) in [6.45, 7) is 9.03. The van der Waals surface area contributed by atoms with Crippen LogP contribution in [0.1, 0.15) is 54.0 Å². The van der Waals surface area contributed by atoms with E-state index in [-0.39, 0.29) is 18.4 Å². The van der Waals surface area contributed by atoms with Gasteiger partial charge in [0.2, 0.25) is 0 Å². The van der Waals surface area contributed by atoms with Crippen LogP contribution in [0.2, 0.25) is 0 Å². The summed E-state index contributed by atoms with van der Waals surface area (Å²) < 4.78 is 1.93. The molecule has 5 nitrogen and oxygen atoms in total. The van der Waals surface area contributed by atoms with Gasteiger partial charge in [-0.3, -0.25) is 9.48 Å². The number of nitrogens with zero attached hydrogens (tertiary/aromatic N) is 2. The molecule has 0 saturated heterocycles. The normalized spacial score (nSPS) is 12.4. The Labute approximate surface area is 150 Å². The predicted molar refractivity (Wildman–Crippen MR) is 99.7 cm³/mol. The standard InChI is InChI=1S/C20H29N3O2/c1-5-17(6-2)19(24)12-21-20(25)18-9-7-8-16(11-18)13-23-15(4)10-14(3)22-23/h7-11,17,19,24H,5-6,12-13H2,1-4H3,(H,21,25). The number of carbonyl (C=O) groups excluding carboxylic acids is 1. The lowest BCUT2D eigenvalue weighted by atomic mass is 9.96. The molecule has 0 aliphatic heterocycles.